The van der Waals surface area contributed by atoms with Gasteiger partial charge >= 0.3 is 0 Å². The van der Waals surface area contributed by atoms with E-state index in [1.54, 1.807) is 12.1 Å². The molecule has 1 N–H and O–H groups in total. The molecule has 0 saturated carbocycles. The lowest BCUT2D eigenvalue weighted by Crippen LogP contribution is -2.08. The van der Waals surface area contributed by atoms with Gasteiger partial charge in [-0.2, -0.15) is 0 Å². The topological polar surface area (TPSA) is 58.6 Å². The number of halogens is 1. The molecule has 0 bridgehead atoms. The Labute approximate surface area is 130 Å². The minimum Gasteiger partial charge on any atom is -0.321 e. The van der Waals surface area contributed by atoms with Crippen molar-refractivity contribution in [3.05, 3.63) is 57.1 Å². The first-order valence-electron chi connectivity index (χ1n) is 6.34. The van der Waals surface area contributed by atoms with E-state index in [0.717, 1.165) is 22.3 Å². The molecule has 2 aromatic heterocycles. The van der Waals surface area contributed by atoms with Crippen LogP contribution in [0.3, 0.4) is 0 Å². The molecule has 2 heterocycles. The van der Waals surface area contributed by atoms with Gasteiger partial charge in [0.1, 0.15) is 0 Å². The summed E-state index contributed by atoms with van der Waals surface area (Å²) < 4.78 is 0. The monoisotopic (exact) mass is 317 g/mol. The molecule has 0 spiro atoms. The molecule has 1 aromatic carbocycles. The number of H-pyrrole nitrogens is 1. The predicted molar refractivity (Wildman–Crippen MR) is 85.2 cm³/mol. The molecular formula is C15H12ClN3OS. The highest BCUT2D eigenvalue weighted by molar-refractivity contribution is 7.99. The first-order valence-corrected chi connectivity index (χ1v) is 7.53. The number of hydrogen-bond acceptors (Lipinski definition) is 4. The van der Waals surface area contributed by atoms with E-state index in [-0.39, 0.29) is 5.56 Å². The number of benzene rings is 1. The second kappa shape index (κ2) is 5.50. The largest absolute Gasteiger partial charge is 0.321 e. The fourth-order valence-electron chi connectivity index (χ4n) is 2.07. The average Bonchev–Trinajstić information content (AvgIpc) is 2.39. The molecule has 0 aliphatic carbocycles. The van der Waals surface area contributed by atoms with Crippen LogP contribution < -0.4 is 5.56 Å². The van der Waals surface area contributed by atoms with E-state index in [4.69, 9.17) is 11.6 Å². The van der Waals surface area contributed by atoms with Crippen LogP contribution >= 0.6 is 23.4 Å². The van der Waals surface area contributed by atoms with E-state index in [1.165, 1.54) is 11.8 Å². The number of hydrogen-bond donors (Lipinski definition) is 1. The smallest absolute Gasteiger partial charge is 0.262 e. The van der Waals surface area contributed by atoms with Crippen LogP contribution in [0.25, 0.3) is 10.9 Å². The first-order chi connectivity index (χ1) is 10.0. The van der Waals surface area contributed by atoms with Gasteiger partial charge in [0.2, 0.25) is 0 Å². The first kappa shape index (κ1) is 14.1. The van der Waals surface area contributed by atoms with Crippen molar-refractivity contribution < 1.29 is 0 Å². The summed E-state index contributed by atoms with van der Waals surface area (Å²) in [5, 5.41) is 2.08. The summed E-state index contributed by atoms with van der Waals surface area (Å²) in [5.41, 5.74) is 2.36. The zero-order chi connectivity index (χ0) is 15.0. The van der Waals surface area contributed by atoms with Crippen molar-refractivity contribution in [2.45, 2.75) is 23.9 Å². The van der Waals surface area contributed by atoms with E-state index >= 15 is 0 Å². The summed E-state index contributed by atoms with van der Waals surface area (Å²) in [6.07, 6.45) is 0. The van der Waals surface area contributed by atoms with Crippen LogP contribution in [-0.4, -0.2) is 15.0 Å². The van der Waals surface area contributed by atoms with Crippen LogP contribution in [0.15, 0.2) is 45.2 Å². The Hall–Kier alpha value is -1.85. The van der Waals surface area contributed by atoms with Crippen molar-refractivity contribution in [3.63, 3.8) is 0 Å². The van der Waals surface area contributed by atoms with Crippen LogP contribution in [0, 0.1) is 13.8 Å². The van der Waals surface area contributed by atoms with Gasteiger partial charge in [-0.15, -0.1) is 0 Å². The molecule has 0 atom stereocenters. The summed E-state index contributed by atoms with van der Waals surface area (Å²) in [6.45, 7) is 3.81. The van der Waals surface area contributed by atoms with Crippen molar-refractivity contribution in [1.82, 2.24) is 15.0 Å². The van der Waals surface area contributed by atoms with Crippen molar-refractivity contribution in [1.29, 1.82) is 0 Å². The van der Waals surface area contributed by atoms with Crippen molar-refractivity contribution in [3.8, 4) is 0 Å². The molecule has 0 amide bonds. The van der Waals surface area contributed by atoms with Crippen molar-refractivity contribution in [2.24, 2.45) is 0 Å². The Morgan fingerprint density at radius 2 is 1.81 bits per heavy atom. The minimum absolute atomic E-state index is 0.155. The number of aromatic nitrogens is 3. The van der Waals surface area contributed by atoms with Gasteiger partial charge in [0.05, 0.1) is 4.90 Å². The Morgan fingerprint density at radius 3 is 2.52 bits per heavy atom. The molecule has 4 nitrogen and oxygen atoms in total. The van der Waals surface area contributed by atoms with E-state index in [0.29, 0.717) is 15.1 Å². The molecule has 0 unspecified atom stereocenters. The van der Waals surface area contributed by atoms with Crippen molar-refractivity contribution in [2.75, 3.05) is 0 Å². The third kappa shape index (κ3) is 3.09. The van der Waals surface area contributed by atoms with Gasteiger partial charge in [-0.1, -0.05) is 11.6 Å². The molecular weight excluding hydrogens is 306 g/mol. The second-order valence-corrected chi connectivity index (χ2v) is 6.18. The summed E-state index contributed by atoms with van der Waals surface area (Å²) in [6, 6.07) is 9.07. The molecule has 0 saturated heterocycles. The highest BCUT2D eigenvalue weighted by atomic mass is 35.5. The lowest BCUT2D eigenvalue weighted by atomic mass is 10.2. The molecule has 3 aromatic rings. The molecule has 0 fully saturated rings. The van der Waals surface area contributed by atoms with Crippen LogP contribution in [0.1, 0.15) is 11.4 Å². The third-order valence-electron chi connectivity index (χ3n) is 2.94. The third-order valence-corrected chi connectivity index (χ3v) is 4.06. The van der Waals surface area contributed by atoms with Crippen LogP contribution in [-0.2, 0) is 0 Å². The Kier molecular flexibility index (Phi) is 3.69. The highest BCUT2D eigenvalue weighted by Crippen LogP contribution is 2.25. The zero-order valence-corrected chi connectivity index (χ0v) is 13.0. The van der Waals surface area contributed by atoms with Gasteiger partial charge in [0, 0.05) is 27.3 Å². The van der Waals surface area contributed by atoms with Crippen LogP contribution in [0.4, 0.5) is 0 Å². The average molecular weight is 318 g/mol. The number of aromatic amines is 1. The van der Waals surface area contributed by atoms with Gasteiger partial charge < -0.3 is 4.98 Å². The fourth-order valence-corrected chi connectivity index (χ4v) is 3.16. The molecule has 0 aliphatic rings. The maximum absolute atomic E-state index is 12.1. The number of fused-ring (bicyclic) bond motifs is 1. The summed E-state index contributed by atoms with van der Waals surface area (Å²) in [7, 11) is 0. The SMILES string of the molecule is Cc1cc(C)nc(Sc2cc3cc(Cl)ccc3[nH]c2=O)n1. The molecule has 0 radical (unpaired) electrons. The minimum atomic E-state index is -0.155. The molecule has 0 aliphatic heterocycles. The Balaban J connectivity index is 2.07. The van der Waals surface area contributed by atoms with E-state index in [1.807, 2.05) is 32.0 Å². The predicted octanol–water partition coefficient (Wildman–Crippen LogP) is 3.74. The fraction of sp³-hybridized carbons (Fsp3) is 0.133. The summed E-state index contributed by atoms with van der Waals surface area (Å²) in [4.78, 5) is 24.2. The van der Waals surface area contributed by atoms with Gasteiger partial charge in [-0.3, -0.25) is 4.79 Å². The highest BCUT2D eigenvalue weighted by Gasteiger charge is 2.08. The number of aryl methyl sites for hydroxylation is 2. The van der Waals surface area contributed by atoms with Gasteiger partial charge in [0.25, 0.3) is 5.56 Å². The maximum Gasteiger partial charge on any atom is 0.262 e. The molecule has 106 valence electrons. The number of nitrogens with zero attached hydrogens (tertiary/aromatic N) is 2. The zero-order valence-electron chi connectivity index (χ0n) is 11.5. The van der Waals surface area contributed by atoms with Gasteiger partial charge in [-0.25, -0.2) is 9.97 Å². The normalized spacial score (nSPS) is 11.0. The standard InChI is InChI=1S/C15H12ClN3OS/c1-8-5-9(2)18-15(17-8)21-13-7-10-6-11(16)3-4-12(10)19-14(13)20/h3-7H,1-2H3,(H,19,20). The van der Waals surface area contributed by atoms with E-state index in [2.05, 4.69) is 15.0 Å². The van der Waals surface area contributed by atoms with Crippen LogP contribution in [0.2, 0.25) is 5.02 Å². The van der Waals surface area contributed by atoms with Gasteiger partial charge in [-0.05, 0) is 55.9 Å². The number of rotatable bonds is 2. The molecule has 6 heteroatoms. The molecule has 3 rings (SSSR count). The van der Waals surface area contributed by atoms with Crippen molar-refractivity contribution >= 4 is 34.3 Å². The quantitative estimate of drug-likeness (QED) is 0.731. The van der Waals surface area contributed by atoms with Gasteiger partial charge in [0.15, 0.2) is 5.16 Å². The Bertz CT molecular complexity index is 871. The van der Waals surface area contributed by atoms with E-state index in [9.17, 15) is 4.79 Å². The lowest BCUT2D eigenvalue weighted by Gasteiger charge is -2.04. The molecule has 21 heavy (non-hydrogen) atoms. The Morgan fingerprint density at radius 1 is 1.10 bits per heavy atom. The summed E-state index contributed by atoms with van der Waals surface area (Å²) >= 11 is 7.24. The maximum atomic E-state index is 12.1. The van der Waals surface area contributed by atoms with Crippen LogP contribution in [0.5, 0.6) is 0 Å². The summed E-state index contributed by atoms with van der Waals surface area (Å²) in [5.74, 6) is 0. The van der Waals surface area contributed by atoms with E-state index < -0.39 is 0 Å². The lowest BCUT2D eigenvalue weighted by molar-refractivity contribution is 0.901. The number of pyridine rings is 1. The number of nitrogens with one attached hydrogen (secondary N) is 1. The second-order valence-electron chi connectivity index (χ2n) is 4.73.